The molecular formula is C10H22N2O. The lowest BCUT2D eigenvalue weighted by atomic mass is 10.1. The Bertz CT molecular complexity index is 122. The Hall–Kier alpha value is -0.120. The van der Waals surface area contributed by atoms with Gasteiger partial charge in [0, 0.05) is 32.3 Å². The van der Waals surface area contributed by atoms with Crippen LogP contribution in [0.4, 0.5) is 0 Å². The van der Waals surface area contributed by atoms with Crippen molar-refractivity contribution in [1.82, 2.24) is 4.90 Å². The van der Waals surface area contributed by atoms with E-state index in [1.165, 1.54) is 12.8 Å². The lowest BCUT2D eigenvalue weighted by Crippen LogP contribution is -2.41. The van der Waals surface area contributed by atoms with Gasteiger partial charge in [0.2, 0.25) is 0 Å². The first-order valence-electron chi connectivity index (χ1n) is 5.40. The van der Waals surface area contributed by atoms with Gasteiger partial charge >= 0.3 is 0 Å². The summed E-state index contributed by atoms with van der Waals surface area (Å²) in [5.74, 6) is 0. The fourth-order valence-corrected chi connectivity index (χ4v) is 1.91. The zero-order valence-corrected chi connectivity index (χ0v) is 8.67. The molecule has 0 bridgehead atoms. The van der Waals surface area contributed by atoms with E-state index < -0.39 is 0 Å². The molecule has 0 spiro atoms. The van der Waals surface area contributed by atoms with Crippen LogP contribution in [0.2, 0.25) is 0 Å². The minimum atomic E-state index is 0.576. The molecule has 0 radical (unpaired) electrons. The van der Waals surface area contributed by atoms with Crippen molar-refractivity contribution in [3.05, 3.63) is 0 Å². The van der Waals surface area contributed by atoms with Crippen molar-refractivity contribution < 1.29 is 4.74 Å². The van der Waals surface area contributed by atoms with E-state index in [9.17, 15) is 0 Å². The summed E-state index contributed by atoms with van der Waals surface area (Å²) in [7, 11) is 0. The summed E-state index contributed by atoms with van der Waals surface area (Å²) >= 11 is 0. The van der Waals surface area contributed by atoms with Gasteiger partial charge in [-0.05, 0) is 12.8 Å². The quantitative estimate of drug-likeness (QED) is 0.707. The van der Waals surface area contributed by atoms with Crippen molar-refractivity contribution >= 4 is 0 Å². The molecule has 1 fully saturated rings. The standard InChI is InChI=1S/C10H22N2O/c1-2-4-10(9-11)12-5-3-7-13-8-6-12/h10H,2-9,11H2,1H3. The molecule has 1 unspecified atom stereocenters. The normalized spacial score (nSPS) is 22.6. The Kier molecular flexibility index (Phi) is 5.35. The number of ether oxygens (including phenoxy) is 1. The maximum absolute atomic E-state index is 5.76. The topological polar surface area (TPSA) is 38.5 Å². The summed E-state index contributed by atoms with van der Waals surface area (Å²) in [6.45, 7) is 7.01. The molecule has 3 nitrogen and oxygen atoms in total. The molecule has 1 rings (SSSR count). The van der Waals surface area contributed by atoms with Crippen molar-refractivity contribution in [2.24, 2.45) is 5.73 Å². The lowest BCUT2D eigenvalue weighted by Gasteiger charge is -2.28. The molecule has 0 saturated carbocycles. The molecule has 0 aromatic carbocycles. The molecule has 0 aromatic heterocycles. The van der Waals surface area contributed by atoms with Crippen LogP contribution in [0.1, 0.15) is 26.2 Å². The van der Waals surface area contributed by atoms with Gasteiger partial charge in [-0.1, -0.05) is 13.3 Å². The maximum Gasteiger partial charge on any atom is 0.0593 e. The number of nitrogens with two attached hydrogens (primary N) is 1. The molecular weight excluding hydrogens is 164 g/mol. The van der Waals surface area contributed by atoms with Crippen molar-refractivity contribution in [1.29, 1.82) is 0 Å². The van der Waals surface area contributed by atoms with Gasteiger partial charge in [-0.2, -0.15) is 0 Å². The third kappa shape index (κ3) is 3.63. The van der Waals surface area contributed by atoms with Crippen molar-refractivity contribution in [2.45, 2.75) is 32.2 Å². The molecule has 2 N–H and O–H groups in total. The molecule has 13 heavy (non-hydrogen) atoms. The summed E-state index contributed by atoms with van der Waals surface area (Å²) in [5.41, 5.74) is 5.76. The van der Waals surface area contributed by atoms with E-state index in [4.69, 9.17) is 10.5 Å². The van der Waals surface area contributed by atoms with E-state index in [2.05, 4.69) is 11.8 Å². The van der Waals surface area contributed by atoms with Gasteiger partial charge in [-0.15, -0.1) is 0 Å². The Balaban J connectivity index is 2.35. The zero-order chi connectivity index (χ0) is 9.52. The van der Waals surface area contributed by atoms with E-state index in [0.717, 1.165) is 39.3 Å². The van der Waals surface area contributed by atoms with Crippen molar-refractivity contribution in [3.8, 4) is 0 Å². The SMILES string of the molecule is CCCC(CN)N1CCCOCC1. The first-order valence-corrected chi connectivity index (χ1v) is 5.40. The number of nitrogens with zero attached hydrogens (tertiary/aromatic N) is 1. The predicted octanol–water partition coefficient (Wildman–Crippen LogP) is 0.836. The van der Waals surface area contributed by atoms with Crippen LogP contribution in [0.15, 0.2) is 0 Å². The van der Waals surface area contributed by atoms with Gasteiger partial charge < -0.3 is 10.5 Å². The van der Waals surface area contributed by atoms with Crippen LogP contribution in [-0.4, -0.2) is 43.8 Å². The summed E-state index contributed by atoms with van der Waals surface area (Å²) < 4.78 is 5.42. The fourth-order valence-electron chi connectivity index (χ4n) is 1.91. The van der Waals surface area contributed by atoms with Crippen LogP contribution in [0.3, 0.4) is 0 Å². The maximum atomic E-state index is 5.76. The number of rotatable bonds is 4. The highest BCUT2D eigenvalue weighted by atomic mass is 16.5. The second-order valence-corrected chi connectivity index (χ2v) is 3.68. The first-order chi connectivity index (χ1) is 6.38. The van der Waals surface area contributed by atoms with Gasteiger partial charge in [0.05, 0.1) is 6.61 Å². The Labute approximate surface area is 81.2 Å². The smallest absolute Gasteiger partial charge is 0.0593 e. The second kappa shape index (κ2) is 6.35. The third-order valence-corrected chi connectivity index (χ3v) is 2.67. The fraction of sp³-hybridized carbons (Fsp3) is 1.00. The van der Waals surface area contributed by atoms with E-state index >= 15 is 0 Å². The monoisotopic (exact) mass is 186 g/mol. The van der Waals surface area contributed by atoms with Gasteiger partial charge in [0.25, 0.3) is 0 Å². The molecule has 1 aliphatic heterocycles. The lowest BCUT2D eigenvalue weighted by molar-refractivity contribution is 0.130. The third-order valence-electron chi connectivity index (χ3n) is 2.67. The van der Waals surface area contributed by atoms with Crippen LogP contribution in [-0.2, 0) is 4.74 Å². The van der Waals surface area contributed by atoms with E-state index in [1.807, 2.05) is 0 Å². The number of hydrogen-bond donors (Lipinski definition) is 1. The highest BCUT2D eigenvalue weighted by Gasteiger charge is 2.17. The van der Waals surface area contributed by atoms with Gasteiger partial charge in [-0.3, -0.25) is 4.90 Å². The average Bonchev–Trinajstić information content (AvgIpc) is 2.42. The molecule has 1 heterocycles. The van der Waals surface area contributed by atoms with Crippen LogP contribution in [0, 0.1) is 0 Å². The van der Waals surface area contributed by atoms with E-state index in [0.29, 0.717) is 6.04 Å². The molecule has 3 heteroatoms. The zero-order valence-electron chi connectivity index (χ0n) is 8.67. The average molecular weight is 186 g/mol. The summed E-state index contributed by atoms with van der Waals surface area (Å²) in [5, 5.41) is 0. The molecule has 78 valence electrons. The van der Waals surface area contributed by atoms with Crippen LogP contribution < -0.4 is 5.73 Å². The largest absolute Gasteiger partial charge is 0.380 e. The van der Waals surface area contributed by atoms with E-state index in [1.54, 1.807) is 0 Å². The summed E-state index contributed by atoms with van der Waals surface area (Å²) in [6.07, 6.45) is 3.59. The number of hydrogen-bond acceptors (Lipinski definition) is 3. The summed E-state index contributed by atoms with van der Waals surface area (Å²) in [4.78, 5) is 2.48. The van der Waals surface area contributed by atoms with Crippen LogP contribution >= 0.6 is 0 Å². The Morgan fingerprint density at radius 3 is 2.92 bits per heavy atom. The Morgan fingerprint density at radius 1 is 1.38 bits per heavy atom. The summed E-state index contributed by atoms with van der Waals surface area (Å²) in [6, 6.07) is 0.576. The molecule has 0 amide bonds. The predicted molar refractivity (Wildman–Crippen MR) is 54.8 cm³/mol. The molecule has 0 aliphatic carbocycles. The van der Waals surface area contributed by atoms with Gasteiger partial charge in [0.15, 0.2) is 0 Å². The van der Waals surface area contributed by atoms with Crippen molar-refractivity contribution in [3.63, 3.8) is 0 Å². The minimum absolute atomic E-state index is 0.576. The van der Waals surface area contributed by atoms with E-state index in [-0.39, 0.29) is 0 Å². The highest BCUT2D eigenvalue weighted by Crippen LogP contribution is 2.08. The van der Waals surface area contributed by atoms with Gasteiger partial charge in [0.1, 0.15) is 0 Å². The molecule has 1 saturated heterocycles. The van der Waals surface area contributed by atoms with Crippen molar-refractivity contribution in [2.75, 3.05) is 32.8 Å². The molecule has 1 aliphatic rings. The molecule has 1 atom stereocenters. The van der Waals surface area contributed by atoms with Crippen LogP contribution in [0.25, 0.3) is 0 Å². The minimum Gasteiger partial charge on any atom is -0.380 e. The Morgan fingerprint density at radius 2 is 2.23 bits per heavy atom. The van der Waals surface area contributed by atoms with Gasteiger partial charge in [-0.25, -0.2) is 0 Å². The first kappa shape index (κ1) is 11.0. The highest BCUT2D eigenvalue weighted by molar-refractivity contribution is 4.73. The second-order valence-electron chi connectivity index (χ2n) is 3.68. The molecule has 0 aromatic rings. The van der Waals surface area contributed by atoms with Crippen LogP contribution in [0.5, 0.6) is 0 Å².